The fourth-order valence-corrected chi connectivity index (χ4v) is 3.89. The maximum Gasteiger partial charge on any atom is 0.252 e. The molecule has 0 saturated carbocycles. The van der Waals surface area contributed by atoms with Gasteiger partial charge >= 0.3 is 0 Å². The summed E-state index contributed by atoms with van der Waals surface area (Å²) in [5.74, 6) is 0.606. The first-order valence-corrected chi connectivity index (χ1v) is 11.3. The Morgan fingerprint density at radius 1 is 1.09 bits per heavy atom. The van der Waals surface area contributed by atoms with E-state index in [9.17, 15) is 9.18 Å². The number of aryl methyl sites for hydroxylation is 2. The second-order valence-corrected chi connectivity index (χ2v) is 8.19. The predicted octanol–water partition coefficient (Wildman–Crippen LogP) is 4.34. The number of nitrogens with one attached hydrogen (secondary N) is 1. The van der Waals surface area contributed by atoms with Crippen LogP contribution in [0.25, 0.3) is 22.3 Å². The number of fused-ring (bicyclic) bond motifs is 1. The van der Waals surface area contributed by atoms with Gasteiger partial charge in [-0.05, 0) is 37.1 Å². The Kier molecular flexibility index (Phi) is 6.30. The van der Waals surface area contributed by atoms with Crippen molar-refractivity contribution in [2.45, 2.75) is 26.3 Å². The molecule has 1 N–H and O–H groups in total. The monoisotopic (exact) mass is 470 g/mol. The van der Waals surface area contributed by atoms with Gasteiger partial charge in [0.1, 0.15) is 5.82 Å². The van der Waals surface area contributed by atoms with Gasteiger partial charge in [0.2, 0.25) is 5.89 Å². The van der Waals surface area contributed by atoms with E-state index in [-0.39, 0.29) is 11.7 Å². The van der Waals surface area contributed by atoms with E-state index >= 15 is 0 Å². The highest BCUT2D eigenvalue weighted by Crippen LogP contribution is 2.25. The molecule has 1 amide bonds. The number of pyridine rings is 1. The van der Waals surface area contributed by atoms with Gasteiger partial charge in [0.15, 0.2) is 11.5 Å². The minimum atomic E-state index is -0.312. The number of carbonyl (C=O) groups is 1. The summed E-state index contributed by atoms with van der Waals surface area (Å²) in [6.45, 7) is 2.54. The summed E-state index contributed by atoms with van der Waals surface area (Å²) in [4.78, 5) is 22.2. The van der Waals surface area contributed by atoms with E-state index in [0.29, 0.717) is 59.9 Å². The van der Waals surface area contributed by atoms with Crippen LogP contribution in [-0.4, -0.2) is 37.4 Å². The number of amides is 1. The fourth-order valence-electron chi connectivity index (χ4n) is 3.89. The van der Waals surface area contributed by atoms with Crippen molar-refractivity contribution in [1.29, 1.82) is 0 Å². The van der Waals surface area contributed by atoms with E-state index in [2.05, 4.69) is 20.6 Å². The van der Waals surface area contributed by atoms with Crippen molar-refractivity contribution in [3.8, 4) is 11.3 Å². The van der Waals surface area contributed by atoms with Crippen molar-refractivity contribution >= 4 is 16.9 Å². The molecule has 5 rings (SSSR count). The molecule has 0 spiro atoms. The Hall–Kier alpha value is -4.40. The minimum Gasteiger partial charge on any atom is -0.352 e. The number of hydrogen-bond donors (Lipinski definition) is 1. The highest BCUT2D eigenvalue weighted by atomic mass is 19.1. The van der Waals surface area contributed by atoms with Gasteiger partial charge in [0.05, 0.1) is 29.4 Å². The van der Waals surface area contributed by atoms with E-state index in [1.54, 1.807) is 29.9 Å². The van der Waals surface area contributed by atoms with Crippen molar-refractivity contribution in [2.75, 3.05) is 6.54 Å². The van der Waals surface area contributed by atoms with Gasteiger partial charge in [0.25, 0.3) is 5.91 Å². The SMILES string of the molecule is Cc1noc(CCCNC(=O)c2cc(-c3ccccc3)nc3c2cnn3Cc2cccc(F)c2)n1. The van der Waals surface area contributed by atoms with E-state index < -0.39 is 0 Å². The lowest BCUT2D eigenvalue weighted by Gasteiger charge is -2.10. The third kappa shape index (κ3) is 5.08. The molecule has 0 aliphatic rings. The molecular formula is C26H23FN6O2. The topological polar surface area (TPSA) is 98.7 Å². The maximum atomic E-state index is 13.7. The van der Waals surface area contributed by atoms with Crippen LogP contribution in [0.3, 0.4) is 0 Å². The summed E-state index contributed by atoms with van der Waals surface area (Å²) in [6, 6.07) is 17.8. The molecule has 176 valence electrons. The first-order chi connectivity index (χ1) is 17.1. The van der Waals surface area contributed by atoms with Gasteiger partial charge in [-0.15, -0.1) is 0 Å². The average Bonchev–Trinajstić information content (AvgIpc) is 3.47. The van der Waals surface area contributed by atoms with Gasteiger partial charge < -0.3 is 9.84 Å². The molecule has 0 fully saturated rings. The van der Waals surface area contributed by atoms with Gasteiger partial charge in [-0.25, -0.2) is 14.1 Å². The summed E-state index contributed by atoms with van der Waals surface area (Å²) >= 11 is 0. The summed E-state index contributed by atoms with van der Waals surface area (Å²) in [5.41, 5.74) is 3.33. The normalized spacial score (nSPS) is 11.1. The molecule has 8 nitrogen and oxygen atoms in total. The van der Waals surface area contributed by atoms with Crippen molar-refractivity contribution in [3.63, 3.8) is 0 Å². The van der Waals surface area contributed by atoms with E-state index in [1.807, 2.05) is 36.4 Å². The largest absolute Gasteiger partial charge is 0.352 e. The highest BCUT2D eigenvalue weighted by molar-refractivity contribution is 6.06. The Bertz CT molecular complexity index is 1480. The third-order valence-electron chi connectivity index (χ3n) is 5.57. The van der Waals surface area contributed by atoms with Crippen molar-refractivity contribution < 1.29 is 13.7 Å². The van der Waals surface area contributed by atoms with Crippen molar-refractivity contribution in [3.05, 3.63) is 95.5 Å². The Balaban J connectivity index is 1.43. The molecule has 9 heteroatoms. The zero-order valence-corrected chi connectivity index (χ0v) is 19.1. The molecule has 0 unspecified atom stereocenters. The molecule has 35 heavy (non-hydrogen) atoms. The minimum absolute atomic E-state index is 0.221. The van der Waals surface area contributed by atoms with Crippen LogP contribution in [0.1, 0.15) is 34.1 Å². The second kappa shape index (κ2) is 9.84. The van der Waals surface area contributed by atoms with Crippen LogP contribution in [-0.2, 0) is 13.0 Å². The summed E-state index contributed by atoms with van der Waals surface area (Å²) in [5, 5.41) is 11.8. The standard InChI is InChI=1S/C26H23FN6O2/c1-17-30-24(35-32-17)11-6-12-28-26(34)21-14-23(19-8-3-2-4-9-19)31-25-22(21)15-29-33(25)16-18-7-5-10-20(27)13-18/h2-5,7-10,13-15H,6,11-12,16H2,1H3,(H,28,34). The molecular weight excluding hydrogens is 447 g/mol. The van der Waals surface area contributed by atoms with E-state index in [4.69, 9.17) is 9.51 Å². The lowest BCUT2D eigenvalue weighted by Crippen LogP contribution is -2.25. The van der Waals surface area contributed by atoms with E-state index in [0.717, 1.165) is 11.1 Å². The van der Waals surface area contributed by atoms with Crippen LogP contribution in [0.5, 0.6) is 0 Å². The quantitative estimate of drug-likeness (QED) is 0.339. The zero-order chi connectivity index (χ0) is 24.2. The number of benzene rings is 2. The van der Waals surface area contributed by atoms with Crippen molar-refractivity contribution in [1.82, 2.24) is 30.2 Å². The smallest absolute Gasteiger partial charge is 0.252 e. The highest BCUT2D eigenvalue weighted by Gasteiger charge is 2.18. The average molecular weight is 471 g/mol. The van der Waals surface area contributed by atoms with Gasteiger partial charge in [0, 0.05) is 18.5 Å². The van der Waals surface area contributed by atoms with Gasteiger partial charge in [-0.1, -0.05) is 47.6 Å². The Morgan fingerprint density at radius 3 is 2.71 bits per heavy atom. The molecule has 0 aliphatic heterocycles. The van der Waals surface area contributed by atoms with Crippen LogP contribution in [0.2, 0.25) is 0 Å². The number of nitrogens with zero attached hydrogens (tertiary/aromatic N) is 5. The Labute approximate surface area is 200 Å². The predicted molar refractivity (Wildman–Crippen MR) is 128 cm³/mol. The third-order valence-corrected chi connectivity index (χ3v) is 5.57. The number of rotatable bonds is 8. The van der Waals surface area contributed by atoms with Crippen LogP contribution in [0.15, 0.2) is 71.4 Å². The molecule has 0 bridgehead atoms. The second-order valence-electron chi connectivity index (χ2n) is 8.19. The van der Waals surface area contributed by atoms with Crippen LogP contribution in [0.4, 0.5) is 4.39 Å². The van der Waals surface area contributed by atoms with E-state index in [1.165, 1.54) is 12.1 Å². The van der Waals surface area contributed by atoms with Gasteiger partial charge in [-0.3, -0.25) is 4.79 Å². The summed E-state index contributed by atoms with van der Waals surface area (Å²) in [7, 11) is 0. The van der Waals surface area contributed by atoms with Crippen LogP contribution in [0, 0.1) is 12.7 Å². The number of carbonyl (C=O) groups excluding carboxylic acids is 1. The lowest BCUT2D eigenvalue weighted by atomic mass is 10.1. The molecule has 5 aromatic rings. The molecule has 0 atom stereocenters. The fraction of sp³-hybridized carbons (Fsp3) is 0.192. The zero-order valence-electron chi connectivity index (χ0n) is 19.1. The summed E-state index contributed by atoms with van der Waals surface area (Å²) < 4.78 is 20.5. The molecule has 0 aliphatic carbocycles. The van der Waals surface area contributed by atoms with Crippen LogP contribution >= 0.6 is 0 Å². The molecule has 3 aromatic heterocycles. The molecule has 3 heterocycles. The molecule has 0 saturated heterocycles. The first kappa shape index (κ1) is 22.4. The first-order valence-electron chi connectivity index (χ1n) is 11.3. The maximum absolute atomic E-state index is 13.7. The molecule has 2 aromatic carbocycles. The van der Waals surface area contributed by atoms with Crippen LogP contribution < -0.4 is 5.32 Å². The van der Waals surface area contributed by atoms with Gasteiger partial charge in [-0.2, -0.15) is 10.1 Å². The number of aromatic nitrogens is 5. The molecule has 0 radical (unpaired) electrons. The number of hydrogen-bond acceptors (Lipinski definition) is 6. The van der Waals surface area contributed by atoms with Crippen molar-refractivity contribution in [2.24, 2.45) is 0 Å². The number of halogens is 1. The summed E-state index contributed by atoms with van der Waals surface area (Å²) in [6.07, 6.45) is 2.87. The Morgan fingerprint density at radius 2 is 1.94 bits per heavy atom. The lowest BCUT2D eigenvalue weighted by molar-refractivity contribution is 0.0954.